The maximum absolute atomic E-state index is 13.7. The van der Waals surface area contributed by atoms with Crippen molar-refractivity contribution in [3.05, 3.63) is 63.8 Å². The predicted molar refractivity (Wildman–Crippen MR) is 199 cm³/mol. The molecule has 56 heavy (non-hydrogen) atoms. The molecule has 0 saturated carbocycles. The van der Waals surface area contributed by atoms with E-state index in [1.54, 1.807) is 4.90 Å². The Hall–Kier alpha value is -4.00. The van der Waals surface area contributed by atoms with Gasteiger partial charge < -0.3 is 49.5 Å². The molecule has 0 aliphatic carbocycles. The standard InChI is InChI=1S/C35H38ClN5O11S.C2H6.Na/c1-35(2,34(49)50)52-38-25(18-6-8-21(42)9-7-18)29(45)37-26-31(47)40-27(33(48)51-3)19(17-53-32(26)40)16-41-13-4-5-20(41)15-39(12-14-41)30(46)22-10-11-23(43)28(44)24(22)36;1-2;/h6-11,20,26,32H,4-5,12-17H2,1-3H3,(H4-,37,38,42,43,44,45,46,49,50);1-2H3;/q;;+1. The Bertz CT molecular complexity index is 1950. The summed E-state index contributed by atoms with van der Waals surface area (Å²) < 4.78 is 5.74. The minimum absolute atomic E-state index is 0. The van der Waals surface area contributed by atoms with Crippen LogP contribution in [0.5, 0.6) is 17.2 Å². The molecule has 3 amide bonds. The van der Waals surface area contributed by atoms with E-state index < -0.39 is 52.3 Å². The van der Waals surface area contributed by atoms with Crippen molar-refractivity contribution < 1.29 is 88.0 Å². The number of rotatable bonds is 10. The number of aromatic hydroxyl groups is 3. The molecule has 4 N–H and O–H groups in total. The average molecular weight is 825 g/mol. The summed E-state index contributed by atoms with van der Waals surface area (Å²) in [5.74, 6) is -4.78. The average Bonchev–Trinajstić information content (AvgIpc) is 3.59. The summed E-state index contributed by atoms with van der Waals surface area (Å²) in [6.45, 7) is 8.94. The zero-order valence-corrected chi connectivity index (χ0v) is 35.6. The number of carbonyl (C=O) groups is 5. The number of β-lactam (4-membered cyclic amide) rings is 1. The smallest absolute Gasteiger partial charge is 0.546 e. The molecule has 6 rings (SSSR count). The molecule has 296 valence electrons. The summed E-state index contributed by atoms with van der Waals surface area (Å²) >= 11 is 7.56. The van der Waals surface area contributed by atoms with E-state index in [0.29, 0.717) is 42.0 Å². The third-order valence-electron chi connectivity index (χ3n) is 10.2. The molecule has 0 bridgehead atoms. The predicted octanol–water partition coefficient (Wildman–Crippen LogP) is -1.30. The van der Waals surface area contributed by atoms with E-state index in [0.717, 1.165) is 19.4 Å². The number of piperazine rings is 1. The fourth-order valence-corrected chi connectivity index (χ4v) is 8.78. The van der Waals surface area contributed by atoms with E-state index in [2.05, 4.69) is 10.5 Å². The van der Waals surface area contributed by atoms with Gasteiger partial charge >= 0.3 is 35.5 Å². The molecular weight excluding hydrogens is 781 g/mol. The van der Waals surface area contributed by atoms with Crippen LogP contribution in [0.15, 0.2) is 52.8 Å². The Morgan fingerprint density at radius 1 is 1.09 bits per heavy atom. The van der Waals surface area contributed by atoms with Crippen LogP contribution in [-0.2, 0) is 28.8 Å². The minimum Gasteiger partial charge on any atom is -0.546 e. The second-order valence-corrected chi connectivity index (χ2v) is 15.3. The molecule has 4 heterocycles. The van der Waals surface area contributed by atoms with Gasteiger partial charge in [-0.1, -0.05) is 30.6 Å². The van der Waals surface area contributed by atoms with Gasteiger partial charge in [0.15, 0.2) is 22.8 Å². The number of nitrogens with one attached hydrogen (secondary N) is 1. The number of fused-ring (bicyclic) bond motifs is 2. The van der Waals surface area contributed by atoms with Crippen molar-refractivity contribution in [3.63, 3.8) is 0 Å². The van der Waals surface area contributed by atoms with Gasteiger partial charge in [-0.05, 0) is 50.2 Å². The molecule has 0 spiro atoms. The summed E-state index contributed by atoms with van der Waals surface area (Å²) in [5.41, 5.74) is -1.17. The molecule has 4 unspecified atom stereocenters. The summed E-state index contributed by atoms with van der Waals surface area (Å²) in [7, 11) is 1.23. The van der Waals surface area contributed by atoms with E-state index in [1.165, 1.54) is 74.0 Å². The van der Waals surface area contributed by atoms with E-state index >= 15 is 0 Å². The molecule has 3 fully saturated rings. The van der Waals surface area contributed by atoms with Crippen LogP contribution in [0, 0.1) is 0 Å². The number of amides is 3. The first kappa shape index (κ1) is 44.7. The molecule has 4 atom stereocenters. The van der Waals surface area contributed by atoms with Crippen LogP contribution in [0.1, 0.15) is 56.5 Å². The fourth-order valence-electron chi connectivity index (χ4n) is 7.21. The van der Waals surface area contributed by atoms with E-state index in [4.69, 9.17) is 21.2 Å². The summed E-state index contributed by atoms with van der Waals surface area (Å²) in [6.07, 6.45) is 1.70. The van der Waals surface area contributed by atoms with Crippen LogP contribution in [0.3, 0.4) is 0 Å². The van der Waals surface area contributed by atoms with Crippen molar-refractivity contribution in [1.82, 2.24) is 15.1 Å². The molecule has 2 aromatic carbocycles. The number of quaternary nitrogens is 1. The number of oxime groups is 1. The molecule has 3 saturated heterocycles. The van der Waals surface area contributed by atoms with Gasteiger partial charge in [-0.25, -0.2) is 4.79 Å². The largest absolute Gasteiger partial charge is 1.00 e. The number of halogens is 1. The molecule has 4 aliphatic rings. The SMILES string of the molecule is CC.COC(=O)C1=C(C[N+]23CCCC2CN(C(=O)c2ccc(O)c(O)c2Cl)CC3)CSC2C(NC(=O)/C(=N\OC(C)(C)C(=O)[O-])c3ccc(O)cc3)C(=O)N12.[Na+]. The number of carboxylic acids is 1. The van der Waals surface area contributed by atoms with Gasteiger partial charge in [-0.15, -0.1) is 11.8 Å². The molecule has 0 radical (unpaired) electrons. The zero-order chi connectivity index (χ0) is 40.4. The number of methoxy groups -OCH3 is 1. The third kappa shape index (κ3) is 8.62. The van der Waals surface area contributed by atoms with Gasteiger partial charge in [0, 0.05) is 29.7 Å². The number of phenols is 3. The minimum atomic E-state index is -1.89. The topological polar surface area (TPSA) is 218 Å². The first-order valence-electron chi connectivity index (χ1n) is 17.8. The molecule has 2 aromatic rings. The summed E-state index contributed by atoms with van der Waals surface area (Å²) in [4.78, 5) is 73.8. The van der Waals surface area contributed by atoms with Crippen LogP contribution in [0.4, 0.5) is 0 Å². The van der Waals surface area contributed by atoms with Gasteiger partial charge in [0.2, 0.25) is 0 Å². The number of aliphatic carboxylic acids is 1. The fraction of sp³-hybridized carbons (Fsp3) is 0.459. The zero-order valence-electron chi connectivity index (χ0n) is 32.0. The van der Waals surface area contributed by atoms with Gasteiger partial charge in [-0.2, -0.15) is 0 Å². The first-order chi connectivity index (χ1) is 26.1. The maximum Gasteiger partial charge on any atom is 1.00 e. The Kier molecular flexibility index (Phi) is 14.4. The normalized spacial score (nSPS) is 23.0. The molecular formula is C37H44ClN5NaO11S+. The van der Waals surface area contributed by atoms with Crippen LogP contribution in [0.25, 0.3) is 0 Å². The number of benzene rings is 2. The van der Waals surface area contributed by atoms with Gasteiger partial charge in [0.25, 0.3) is 17.7 Å². The number of phenolic OH excluding ortho intramolecular Hbond substituents is 3. The monoisotopic (exact) mass is 824 g/mol. The number of esters is 1. The number of carboxylic acid groups (broad SMARTS) is 1. The van der Waals surface area contributed by atoms with Crippen molar-refractivity contribution in [3.8, 4) is 17.2 Å². The number of nitrogens with zero attached hydrogens (tertiary/aromatic N) is 4. The quantitative estimate of drug-likeness (QED) is 0.0418. The third-order valence-corrected chi connectivity index (χ3v) is 11.9. The number of thioether (sulfide) groups is 1. The first-order valence-corrected chi connectivity index (χ1v) is 19.2. The van der Waals surface area contributed by atoms with Crippen LogP contribution >= 0.6 is 23.4 Å². The van der Waals surface area contributed by atoms with E-state index in [1.807, 2.05) is 13.8 Å². The van der Waals surface area contributed by atoms with Gasteiger partial charge in [-0.3, -0.25) is 19.3 Å². The molecule has 16 nitrogen and oxygen atoms in total. The van der Waals surface area contributed by atoms with Crippen molar-refractivity contribution in [2.24, 2.45) is 5.16 Å². The van der Waals surface area contributed by atoms with Crippen molar-refractivity contribution in [2.75, 3.05) is 45.6 Å². The Balaban J connectivity index is 0.00000228. The molecule has 4 aliphatic heterocycles. The second-order valence-electron chi connectivity index (χ2n) is 13.8. The second kappa shape index (κ2) is 18.1. The van der Waals surface area contributed by atoms with Crippen molar-refractivity contribution in [1.29, 1.82) is 0 Å². The summed E-state index contributed by atoms with van der Waals surface area (Å²) in [5, 5.41) is 46.7. The molecule has 19 heteroatoms. The van der Waals surface area contributed by atoms with Crippen LogP contribution in [-0.4, -0.2) is 134 Å². The maximum atomic E-state index is 13.7. The van der Waals surface area contributed by atoms with Gasteiger partial charge in [0.05, 0.1) is 49.8 Å². The number of hydrogen-bond donors (Lipinski definition) is 4. The van der Waals surface area contributed by atoms with Crippen molar-refractivity contribution >= 4 is 58.7 Å². The number of hydrogen-bond acceptors (Lipinski definition) is 13. The number of ether oxygens (including phenoxy) is 1. The Morgan fingerprint density at radius 3 is 2.41 bits per heavy atom. The Labute approximate surface area is 355 Å². The van der Waals surface area contributed by atoms with E-state index in [-0.39, 0.29) is 74.8 Å². The van der Waals surface area contributed by atoms with Crippen LogP contribution in [0.2, 0.25) is 5.02 Å². The number of carbonyl (C=O) groups excluding carboxylic acids is 5. The Morgan fingerprint density at radius 2 is 1.77 bits per heavy atom. The van der Waals surface area contributed by atoms with Crippen LogP contribution < -0.4 is 40.0 Å². The van der Waals surface area contributed by atoms with Crippen molar-refractivity contribution in [2.45, 2.75) is 63.6 Å². The van der Waals surface area contributed by atoms with E-state index in [9.17, 15) is 44.4 Å². The summed E-state index contributed by atoms with van der Waals surface area (Å²) in [6, 6.07) is 6.89. The van der Waals surface area contributed by atoms with Gasteiger partial charge in [0.1, 0.15) is 35.4 Å². The molecule has 0 aromatic heterocycles.